The normalized spacial score (nSPS) is 9.48. The first-order valence-corrected chi connectivity index (χ1v) is 12.0. The third kappa shape index (κ3) is 12.5. The van der Waals surface area contributed by atoms with Crippen LogP contribution in [0.25, 0.3) is 0 Å². The topological polar surface area (TPSA) is 134 Å². The first-order chi connectivity index (χ1) is 15.7. The summed E-state index contributed by atoms with van der Waals surface area (Å²) in [5.41, 5.74) is -0.234. The second-order valence-electron chi connectivity index (χ2n) is 5.83. The van der Waals surface area contributed by atoms with Crippen LogP contribution in [0.1, 0.15) is 12.8 Å². The summed E-state index contributed by atoms with van der Waals surface area (Å²) in [6, 6.07) is 8.00. The predicted molar refractivity (Wildman–Crippen MR) is 136 cm³/mol. The summed E-state index contributed by atoms with van der Waals surface area (Å²) in [5, 5.41) is 29.9. The number of aromatic hydroxyl groups is 1. The lowest BCUT2D eigenvalue weighted by Crippen LogP contribution is -1.99. The quantitative estimate of drug-likeness (QED) is 0.113. The third-order valence-electron chi connectivity index (χ3n) is 3.52. The summed E-state index contributed by atoms with van der Waals surface area (Å²) < 4.78 is 16.1. The number of nitrogens with zero attached hydrogens (tertiary/aromatic N) is 2. The van der Waals surface area contributed by atoms with Crippen molar-refractivity contribution >= 4 is 57.2 Å². The minimum Gasteiger partial charge on any atom is -0.508 e. The van der Waals surface area contributed by atoms with Crippen LogP contribution in [0, 0.1) is 20.2 Å². The van der Waals surface area contributed by atoms with Crippen LogP contribution in [0.4, 0.5) is 11.4 Å². The Hall–Kier alpha value is -2.25. The van der Waals surface area contributed by atoms with Gasteiger partial charge in [0, 0.05) is 40.5 Å². The highest BCUT2D eigenvalue weighted by Gasteiger charge is 2.15. The van der Waals surface area contributed by atoms with E-state index in [4.69, 9.17) is 37.8 Å². The Balaban J connectivity index is 0.000000530. The van der Waals surface area contributed by atoms with Gasteiger partial charge in [0.25, 0.3) is 0 Å². The molecule has 0 radical (unpaired) electrons. The van der Waals surface area contributed by atoms with Crippen molar-refractivity contribution < 1.29 is 29.2 Å². The summed E-state index contributed by atoms with van der Waals surface area (Å²) in [7, 11) is 2.69. The molecule has 0 atom stereocenters. The molecule has 0 aromatic heterocycles. The molecule has 0 amide bonds. The van der Waals surface area contributed by atoms with Gasteiger partial charge in [0.2, 0.25) is 11.5 Å². The lowest BCUT2D eigenvalue weighted by atomic mass is 10.3. The fourth-order valence-corrected chi connectivity index (χ4v) is 3.09. The maximum Gasteiger partial charge on any atom is 0.311 e. The minimum atomic E-state index is -0.571. The molecule has 184 valence electrons. The maximum atomic E-state index is 10.6. The molecule has 0 fully saturated rings. The van der Waals surface area contributed by atoms with Gasteiger partial charge in [-0.1, -0.05) is 22.6 Å². The molecule has 0 spiro atoms. The Morgan fingerprint density at radius 1 is 0.909 bits per heavy atom. The molecule has 0 heterocycles. The van der Waals surface area contributed by atoms with Crippen molar-refractivity contribution in [3.8, 4) is 23.0 Å². The molecule has 0 bridgehead atoms. The molecule has 0 aliphatic carbocycles. The zero-order chi connectivity index (χ0) is 25.2. The number of phenolic OH excluding ortho intramolecular Hbond substituents is 1. The molecular weight excluding hydrogens is 594 g/mol. The van der Waals surface area contributed by atoms with Crippen molar-refractivity contribution in [2.45, 2.75) is 12.8 Å². The van der Waals surface area contributed by atoms with Crippen molar-refractivity contribution in [2.24, 2.45) is 0 Å². The van der Waals surface area contributed by atoms with E-state index in [0.29, 0.717) is 18.2 Å². The first kappa shape index (κ1) is 30.8. The molecule has 2 aromatic carbocycles. The number of benzene rings is 2. The maximum absolute atomic E-state index is 10.6. The molecule has 33 heavy (non-hydrogen) atoms. The van der Waals surface area contributed by atoms with Crippen LogP contribution in [-0.2, 0) is 0 Å². The number of phenols is 1. The van der Waals surface area contributed by atoms with Gasteiger partial charge in [-0.2, -0.15) is 0 Å². The van der Waals surface area contributed by atoms with Gasteiger partial charge in [-0.3, -0.25) is 20.2 Å². The molecule has 0 aliphatic rings. The SMILES string of the molecule is COc1cc(O)ccc1[N+](=O)[O-].COc1cc(OCCCCl)ccc1[N+](=O)[O-].ClCCCI. The highest BCUT2D eigenvalue weighted by Crippen LogP contribution is 2.31. The van der Waals surface area contributed by atoms with E-state index >= 15 is 0 Å². The lowest BCUT2D eigenvalue weighted by Gasteiger charge is -2.07. The van der Waals surface area contributed by atoms with E-state index in [2.05, 4.69) is 27.3 Å². The van der Waals surface area contributed by atoms with Crippen molar-refractivity contribution in [1.29, 1.82) is 0 Å². The van der Waals surface area contributed by atoms with Gasteiger partial charge in [-0.05, 0) is 25.0 Å². The van der Waals surface area contributed by atoms with Crippen LogP contribution in [0.2, 0.25) is 0 Å². The van der Waals surface area contributed by atoms with Gasteiger partial charge >= 0.3 is 11.4 Å². The highest BCUT2D eigenvalue weighted by atomic mass is 127. The van der Waals surface area contributed by atoms with E-state index in [1.165, 1.54) is 55.0 Å². The largest absolute Gasteiger partial charge is 0.508 e. The first-order valence-electron chi connectivity index (χ1n) is 9.40. The Morgan fingerprint density at radius 3 is 1.85 bits per heavy atom. The standard InChI is InChI=1S/C10H12ClNO4.C7H7NO4.C3H6ClI/c1-15-10-7-8(16-6-2-5-11)3-4-9(10)12(13)14;1-12-7-4-5(9)2-3-6(7)8(10)11;4-2-1-3-5/h3-4,7H,2,5-6H2,1H3;2-4,9H,1H3;1-3H2. The fraction of sp³-hybridized carbons (Fsp3) is 0.400. The average Bonchev–Trinajstić information content (AvgIpc) is 2.80. The summed E-state index contributed by atoms with van der Waals surface area (Å²) in [5.74, 6) is 2.05. The average molecular weight is 619 g/mol. The van der Waals surface area contributed by atoms with Crippen molar-refractivity contribution in [3.05, 3.63) is 56.6 Å². The van der Waals surface area contributed by atoms with Gasteiger partial charge in [-0.15, -0.1) is 23.2 Å². The highest BCUT2D eigenvalue weighted by molar-refractivity contribution is 14.1. The molecule has 2 rings (SSSR count). The summed E-state index contributed by atoms with van der Waals surface area (Å²) in [6.45, 7) is 0.477. The monoisotopic (exact) mass is 618 g/mol. The van der Waals surface area contributed by atoms with Gasteiger partial charge in [0.05, 0.1) is 30.7 Å². The molecule has 10 nitrogen and oxygen atoms in total. The van der Waals surface area contributed by atoms with E-state index in [-0.39, 0.29) is 28.6 Å². The van der Waals surface area contributed by atoms with Gasteiger partial charge in [0.1, 0.15) is 11.5 Å². The molecule has 1 N–H and O–H groups in total. The van der Waals surface area contributed by atoms with E-state index in [0.717, 1.165) is 18.7 Å². The van der Waals surface area contributed by atoms with E-state index < -0.39 is 9.85 Å². The van der Waals surface area contributed by atoms with Gasteiger partial charge < -0.3 is 19.3 Å². The van der Waals surface area contributed by atoms with Gasteiger partial charge in [0.15, 0.2) is 0 Å². The number of alkyl halides is 3. The van der Waals surface area contributed by atoms with Crippen LogP contribution in [0.3, 0.4) is 0 Å². The zero-order valence-corrected chi connectivity index (χ0v) is 21.7. The molecule has 0 unspecified atom stereocenters. The summed E-state index contributed by atoms with van der Waals surface area (Å²) in [6.07, 6.45) is 1.86. The number of halogens is 3. The summed E-state index contributed by atoms with van der Waals surface area (Å²) in [4.78, 5) is 19.9. The number of ether oxygens (including phenoxy) is 3. The summed E-state index contributed by atoms with van der Waals surface area (Å²) >= 11 is 13.1. The Morgan fingerprint density at radius 2 is 1.42 bits per heavy atom. The molecule has 2 aromatic rings. The number of nitro benzene ring substituents is 2. The van der Waals surface area contributed by atoms with Crippen LogP contribution in [0.15, 0.2) is 36.4 Å². The van der Waals surface area contributed by atoms with Crippen molar-refractivity contribution in [1.82, 2.24) is 0 Å². The van der Waals surface area contributed by atoms with Crippen LogP contribution in [0.5, 0.6) is 23.0 Å². The van der Waals surface area contributed by atoms with Crippen molar-refractivity contribution in [3.63, 3.8) is 0 Å². The Labute approximate surface area is 215 Å². The Kier molecular flexibility index (Phi) is 17.0. The zero-order valence-electron chi connectivity index (χ0n) is 18.0. The number of methoxy groups -OCH3 is 2. The van der Waals surface area contributed by atoms with Crippen LogP contribution >= 0.6 is 45.8 Å². The predicted octanol–water partition coefficient (Wildman–Crippen LogP) is 5.97. The van der Waals surface area contributed by atoms with E-state index in [1.54, 1.807) is 0 Å². The third-order valence-corrected chi connectivity index (χ3v) is 4.82. The molecular formula is C20H25Cl2IN2O8. The van der Waals surface area contributed by atoms with Crippen LogP contribution in [-0.4, -0.2) is 52.0 Å². The molecule has 0 saturated heterocycles. The van der Waals surface area contributed by atoms with Crippen molar-refractivity contribution in [2.75, 3.05) is 37.0 Å². The second kappa shape index (κ2) is 18.2. The van der Waals surface area contributed by atoms with Crippen LogP contribution < -0.4 is 14.2 Å². The molecule has 0 aliphatic heterocycles. The lowest BCUT2D eigenvalue weighted by molar-refractivity contribution is -0.385. The smallest absolute Gasteiger partial charge is 0.311 e. The number of rotatable bonds is 10. The van der Waals surface area contributed by atoms with Gasteiger partial charge in [-0.25, -0.2) is 0 Å². The molecule has 13 heteroatoms. The number of hydrogen-bond acceptors (Lipinski definition) is 8. The van der Waals surface area contributed by atoms with E-state index in [9.17, 15) is 20.2 Å². The minimum absolute atomic E-state index is 0.0556. The second-order valence-corrected chi connectivity index (χ2v) is 7.66. The molecule has 0 saturated carbocycles. The Bertz CT molecular complexity index is 872. The number of hydrogen-bond donors (Lipinski definition) is 1. The number of nitro groups is 2. The van der Waals surface area contributed by atoms with E-state index in [1.807, 2.05) is 0 Å². The fourth-order valence-electron chi connectivity index (χ4n) is 2.01.